The number of nitrogens with one attached hydrogen (secondary N) is 1. The summed E-state index contributed by atoms with van der Waals surface area (Å²) in [6.45, 7) is 1.09. The number of benzene rings is 1. The van der Waals surface area contributed by atoms with Gasteiger partial charge < -0.3 is 5.32 Å². The minimum absolute atomic E-state index is 0.104. The van der Waals surface area contributed by atoms with E-state index in [4.69, 9.17) is 0 Å². The molecule has 17 heavy (non-hydrogen) atoms. The van der Waals surface area contributed by atoms with Crippen LogP contribution in [0.1, 0.15) is 36.4 Å². The summed E-state index contributed by atoms with van der Waals surface area (Å²) in [6, 6.07) is 5.67. The number of hydrogen-bond donors (Lipinski definition) is 1. The van der Waals surface area contributed by atoms with Crippen LogP contribution in [-0.4, -0.2) is 17.5 Å². The number of fused-ring (bicyclic) bond motifs is 1. The first kappa shape index (κ1) is 11.5. The second kappa shape index (κ2) is 4.29. The highest BCUT2D eigenvalue weighted by atomic mass is 32.2. The van der Waals surface area contributed by atoms with E-state index in [1.807, 2.05) is 17.8 Å². The van der Waals surface area contributed by atoms with Gasteiger partial charge in [-0.1, -0.05) is 6.07 Å². The van der Waals surface area contributed by atoms with Gasteiger partial charge in [-0.3, -0.25) is 0 Å². The van der Waals surface area contributed by atoms with Crippen LogP contribution in [0.4, 0.5) is 4.39 Å². The first-order chi connectivity index (χ1) is 8.22. The first-order valence-electron chi connectivity index (χ1n) is 6.29. The minimum Gasteiger partial charge on any atom is -0.309 e. The molecule has 1 saturated carbocycles. The van der Waals surface area contributed by atoms with Crippen molar-refractivity contribution in [3.63, 3.8) is 0 Å². The van der Waals surface area contributed by atoms with Crippen LogP contribution in [0.5, 0.6) is 0 Å². The lowest BCUT2D eigenvalue weighted by Gasteiger charge is -2.18. The van der Waals surface area contributed by atoms with Crippen LogP contribution in [0.15, 0.2) is 18.2 Å². The van der Waals surface area contributed by atoms with E-state index in [0.717, 1.165) is 19.4 Å². The fourth-order valence-electron chi connectivity index (χ4n) is 2.70. The zero-order chi connectivity index (χ0) is 11.9. The van der Waals surface area contributed by atoms with Gasteiger partial charge in [-0.2, -0.15) is 11.8 Å². The van der Waals surface area contributed by atoms with Crippen molar-refractivity contribution in [3.8, 4) is 0 Å². The minimum atomic E-state index is -0.104. The van der Waals surface area contributed by atoms with Crippen molar-refractivity contribution >= 4 is 11.8 Å². The number of rotatable bonds is 4. The summed E-state index contributed by atoms with van der Waals surface area (Å²) in [5.74, 6) is -0.104. The summed E-state index contributed by atoms with van der Waals surface area (Å²) in [5.41, 5.74) is 2.50. The standard InChI is InChI=1S/C14H18FNS/c1-17-14(6-7-14)9-16-13-5-2-10-8-11(15)3-4-12(10)13/h3-4,8,13,16H,2,5-7,9H2,1H3. The maximum absolute atomic E-state index is 13.1. The number of halogens is 1. The molecule has 0 heterocycles. The van der Waals surface area contributed by atoms with E-state index in [-0.39, 0.29) is 5.82 Å². The topological polar surface area (TPSA) is 12.0 Å². The van der Waals surface area contributed by atoms with Crippen LogP contribution in [0, 0.1) is 5.82 Å². The highest BCUT2D eigenvalue weighted by Gasteiger charge is 2.42. The van der Waals surface area contributed by atoms with Crippen LogP contribution in [0.2, 0.25) is 0 Å². The monoisotopic (exact) mass is 251 g/mol. The van der Waals surface area contributed by atoms with Crippen LogP contribution in [0.25, 0.3) is 0 Å². The highest BCUT2D eigenvalue weighted by Crippen LogP contribution is 2.47. The molecule has 1 unspecified atom stereocenters. The van der Waals surface area contributed by atoms with Crippen LogP contribution in [-0.2, 0) is 6.42 Å². The van der Waals surface area contributed by atoms with Crippen molar-refractivity contribution in [2.45, 2.75) is 36.5 Å². The molecule has 1 nitrogen and oxygen atoms in total. The molecule has 2 aliphatic carbocycles. The van der Waals surface area contributed by atoms with Crippen LogP contribution in [0.3, 0.4) is 0 Å². The average Bonchev–Trinajstić information content (AvgIpc) is 3.02. The molecule has 0 aliphatic heterocycles. The van der Waals surface area contributed by atoms with E-state index in [0.29, 0.717) is 10.8 Å². The zero-order valence-electron chi connectivity index (χ0n) is 10.1. The van der Waals surface area contributed by atoms with Gasteiger partial charge in [0.05, 0.1) is 0 Å². The average molecular weight is 251 g/mol. The molecule has 0 radical (unpaired) electrons. The molecule has 1 fully saturated rings. The molecule has 1 atom stereocenters. The highest BCUT2D eigenvalue weighted by molar-refractivity contribution is 8.00. The van der Waals surface area contributed by atoms with E-state index >= 15 is 0 Å². The Hall–Kier alpha value is -0.540. The SMILES string of the molecule is CSC1(CNC2CCc3cc(F)ccc32)CC1. The Bertz CT molecular complexity index is 428. The van der Waals surface area contributed by atoms with Crippen molar-refractivity contribution < 1.29 is 4.39 Å². The van der Waals surface area contributed by atoms with Gasteiger partial charge >= 0.3 is 0 Å². The Morgan fingerprint density at radius 3 is 3.00 bits per heavy atom. The van der Waals surface area contributed by atoms with E-state index < -0.39 is 0 Å². The lowest BCUT2D eigenvalue weighted by molar-refractivity contribution is 0.523. The second-order valence-corrected chi connectivity index (χ2v) is 6.48. The summed E-state index contributed by atoms with van der Waals surface area (Å²) in [7, 11) is 0. The third-order valence-electron chi connectivity index (χ3n) is 4.09. The molecule has 3 rings (SSSR count). The molecular weight excluding hydrogens is 233 g/mol. The van der Waals surface area contributed by atoms with Crippen molar-refractivity contribution in [2.75, 3.05) is 12.8 Å². The van der Waals surface area contributed by atoms with Gasteiger partial charge in [-0.15, -0.1) is 0 Å². The predicted molar refractivity (Wildman–Crippen MR) is 70.9 cm³/mol. The fourth-order valence-corrected chi connectivity index (χ4v) is 3.44. The van der Waals surface area contributed by atoms with Crippen LogP contribution < -0.4 is 5.32 Å². The van der Waals surface area contributed by atoms with E-state index in [2.05, 4.69) is 11.6 Å². The summed E-state index contributed by atoms with van der Waals surface area (Å²) < 4.78 is 13.6. The Morgan fingerprint density at radius 1 is 1.47 bits per heavy atom. The maximum Gasteiger partial charge on any atom is 0.123 e. The Kier molecular flexibility index (Phi) is 2.91. The van der Waals surface area contributed by atoms with Gasteiger partial charge in [0.25, 0.3) is 0 Å². The normalized spacial score (nSPS) is 24.7. The van der Waals surface area contributed by atoms with Gasteiger partial charge in [0.2, 0.25) is 0 Å². The summed E-state index contributed by atoms with van der Waals surface area (Å²) in [5, 5.41) is 3.67. The van der Waals surface area contributed by atoms with Gasteiger partial charge in [-0.05, 0) is 55.2 Å². The molecule has 1 aromatic carbocycles. The number of hydrogen-bond acceptors (Lipinski definition) is 2. The zero-order valence-corrected chi connectivity index (χ0v) is 10.9. The Morgan fingerprint density at radius 2 is 2.29 bits per heavy atom. The second-order valence-electron chi connectivity index (χ2n) is 5.20. The van der Waals surface area contributed by atoms with Gasteiger partial charge in [0.15, 0.2) is 0 Å². The van der Waals surface area contributed by atoms with Gasteiger partial charge in [0, 0.05) is 17.3 Å². The molecule has 0 amide bonds. The molecule has 0 bridgehead atoms. The molecule has 1 N–H and O–H groups in total. The molecule has 92 valence electrons. The Labute approximate surface area is 106 Å². The summed E-state index contributed by atoms with van der Waals surface area (Å²) in [6.07, 6.45) is 7.00. The summed E-state index contributed by atoms with van der Waals surface area (Å²) >= 11 is 1.98. The molecule has 3 heteroatoms. The molecule has 0 saturated heterocycles. The molecular formula is C14H18FNS. The van der Waals surface area contributed by atoms with Crippen molar-refractivity contribution in [3.05, 3.63) is 35.1 Å². The fraction of sp³-hybridized carbons (Fsp3) is 0.571. The maximum atomic E-state index is 13.1. The first-order valence-corrected chi connectivity index (χ1v) is 7.52. The van der Waals surface area contributed by atoms with Crippen LogP contribution >= 0.6 is 11.8 Å². The molecule has 0 spiro atoms. The third kappa shape index (κ3) is 2.23. The predicted octanol–water partition coefficient (Wildman–Crippen LogP) is 3.30. The van der Waals surface area contributed by atoms with E-state index in [9.17, 15) is 4.39 Å². The lowest BCUT2D eigenvalue weighted by atomic mass is 10.1. The molecule has 0 aromatic heterocycles. The number of aryl methyl sites for hydroxylation is 1. The molecule has 1 aromatic rings. The van der Waals surface area contributed by atoms with Gasteiger partial charge in [-0.25, -0.2) is 4.39 Å². The third-order valence-corrected chi connectivity index (χ3v) is 5.51. The van der Waals surface area contributed by atoms with Gasteiger partial charge in [0.1, 0.15) is 5.82 Å². The lowest BCUT2D eigenvalue weighted by Crippen LogP contribution is -2.28. The van der Waals surface area contributed by atoms with E-state index in [1.165, 1.54) is 24.0 Å². The van der Waals surface area contributed by atoms with Crippen molar-refractivity contribution in [1.29, 1.82) is 0 Å². The molecule has 2 aliphatic rings. The largest absolute Gasteiger partial charge is 0.309 e. The quantitative estimate of drug-likeness (QED) is 0.881. The summed E-state index contributed by atoms with van der Waals surface area (Å²) in [4.78, 5) is 0. The van der Waals surface area contributed by atoms with Crippen molar-refractivity contribution in [2.24, 2.45) is 0 Å². The Balaban J connectivity index is 1.67. The smallest absolute Gasteiger partial charge is 0.123 e. The van der Waals surface area contributed by atoms with E-state index in [1.54, 1.807) is 12.1 Å². The van der Waals surface area contributed by atoms with Crippen molar-refractivity contribution in [1.82, 2.24) is 5.32 Å². The number of thioether (sulfide) groups is 1.